The van der Waals surface area contributed by atoms with Gasteiger partial charge in [0.25, 0.3) is 11.1 Å². The van der Waals surface area contributed by atoms with E-state index in [4.69, 9.17) is 37.4 Å². The molecule has 3 aromatic rings. The number of benzene rings is 3. The van der Waals surface area contributed by atoms with Gasteiger partial charge in [-0.3, -0.25) is 19.3 Å². The maximum Gasteiger partial charge on any atom is 0.416 e. The quantitative estimate of drug-likeness (QED) is 0.164. The molecular formula is C29H22Cl2F3IN2O6S. The van der Waals surface area contributed by atoms with E-state index in [1.807, 2.05) is 0 Å². The number of amides is 3. The summed E-state index contributed by atoms with van der Waals surface area (Å²) in [6, 6.07) is 11.1. The molecule has 1 fully saturated rings. The van der Waals surface area contributed by atoms with Crippen molar-refractivity contribution in [3.63, 3.8) is 0 Å². The molecule has 1 heterocycles. The smallest absolute Gasteiger partial charge is 0.416 e. The van der Waals surface area contributed by atoms with Crippen molar-refractivity contribution in [2.45, 2.75) is 19.7 Å². The van der Waals surface area contributed by atoms with E-state index in [0.29, 0.717) is 60.0 Å². The molecule has 1 aliphatic rings. The summed E-state index contributed by atoms with van der Waals surface area (Å²) in [6.07, 6.45) is -3.18. The van der Waals surface area contributed by atoms with Gasteiger partial charge < -0.3 is 19.5 Å². The predicted octanol–water partition coefficient (Wildman–Crippen LogP) is 8.28. The number of nitrogens with one attached hydrogen (secondary N) is 1. The Hall–Kier alpha value is -3.14. The molecule has 15 heteroatoms. The molecule has 8 nitrogen and oxygen atoms in total. The van der Waals surface area contributed by atoms with Crippen LogP contribution in [0.3, 0.4) is 0 Å². The zero-order valence-electron chi connectivity index (χ0n) is 22.9. The van der Waals surface area contributed by atoms with Crippen LogP contribution in [0.25, 0.3) is 6.08 Å². The third-order valence-corrected chi connectivity index (χ3v) is 8.42. The highest BCUT2D eigenvalue weighted by atomic mass is 127. The van der Waals surface area contributed by atoms with E-state index in [1.165, 1.54) is 13.2 Å². The minimum absolute atomic E-state index is 0.0236. The lowest BCUT2D eigenvalue weighted by Crippen LogP contribution is -2.36. The number of carbonyl (C=O) groups is 3. The number of hydrogen-bond acceptors (Lipinski definition) is 7. The van der Waals surface area contributed by atoms with Crippen LogP contribution in [0.1, 0.15) is 23.6 Å². The highest BCUT2D eigenvalue weighted by Gasteiger charge is 2.37. The predicted molar refractivity (Wildman–Crippen MR) is 170 cm³/mol. The van der Waals surface area contributed by atoms with E-state index in [1.54, 1.807) is 37.3 Å². The molecule has 3 amide bonds. The second-order valence-corrected chi connectivity index (χ2v) is 12.0. The average molecular weight is 781 g/mol. The van der Waals surface area contributed by atoms with E-state index >= 15 is 0 Å². The second kappa shape index (κ2) is 14.3. The third-order valence-electron chi connectivity index (χ3n) is 5.97. The topological polar surface area (TPSA) is 94.2 Å². The van der Waals surface area contributed by atoms with Crippen LogP contribution in [-0.2, 0) is 22.4 Å². The van der Waals surface area contributed by atoms with E-state index in [0.717, 1.165) is 17.7 Å². The number of ether oxygens (including phenoxy) is 3. The number of alkyl halides is 3. The van der Waals surface area contributed by atoms with Crippen LogP contribution < -0.4 is 19.5 Å². The number of methoxy groups -OCH3 is 1. The first-order chi connectivity index (χ1) is 20.8. The SMILES string of the molecule is CCOc1cc(/C=C2\SC(=O)N(CC(=O)Nc3cc(C(F)(F)F)ccc3OC)C2=O)cc(I)c1OCc1ccc(Cl)c(Cl)c1. The molecule has 1 aliphatic heterocycles. The number of carbonyl (C=O) groups excluding carboxylic acids is 3. The fourth-order valence-electron chi connectivity index (χ4n) is 3.96. The summed E-state index contributed by atoms with van der Waals surface area (Å²) in [4.78, 5) is 39.2. The van der Waals surface area contributed by atoms with Crippen LogP contribution in [0.15, 0.2) is 53.4 Å². The van der Waals surface area contributed by atoms with Crippen LogP contribution in [0.4, 0.5) is 23.7 Å². The minimum atomic E-state index is -4.65. The monoisotopic (exact) mass is 780 g/mol. The molecule has 232 valence electrons. The van der Waals surface area contributed by atoms with E-state index in [-0.39, 0.29) is 22.9 Å². The Labute approximate surface area is 277 Å². The summed E-state index contributed by atoms with van der Waals surface area (Å²) in [5.74, 6) is -0.781. The fraction of sp³-hybridized carbons (Fsp3) is 0.207. The maximum atomic E-state index is 13.2. The van der Waals surface area contributed by atoms with Gasteiger partial charge in [-0.05, 0) is 101 Å². The lowest BCUT2D eigenvalue weighted by molar-refractivity contribution is -0.137. The highest BCUT2D eigenvalue weighted by molar-refractivity contribution is 14.1. The Morgan fingerprint density at radius 1 is 1.05 bits per heavy atom. The molecule has 0 spiro atoms. The van der Waals surface area contributed by atoms with Crippen molar-refractivity contribution < 1.29 is 41.8 Å². The van der Waals surface area contributed by atoms with Gasteiger partial charge in [-0.25, -0.2) is 0 Å². The largest absolute Gasteiger partial charge is 0.495 e. The van der Waals surface area contributed by atoms with Gasteiger partial charge in [-0.2, -0.15) is 13.2 Å². The zero-order valence-corrected chi connectivity index (χ0v) is 27.4. The van der Waals surface area contributed by atoms with Gasteiger partial charge in [-0.1, -0.05) is 29.3 Å². The molecule has 0 atom stereocenters. The molecule has 0 radical (unpaired) electrons. The average Bonchev–Trinajstić information content (AvgIpc) is 3.21. The highest BCUT2D eigenvalue weighted by Crippen LogP contribution is 2.39. The van der Waals surface area contributed by atoms with Crippen LogP contribution in [0.5, 0.6) is 17.2 Å². The molecule has 1 saturated heterocycles. The molecule has 0 saturated carbocycles. The Kier molecular flexibility index (Phi) is 11.0. The fourth-order valence-corrected chi connectivity index (χ4v) is 5.90. The Balaban J connectivity index is 1.50. The first-order valence-corrected chi connectivity index (χ1v) is 15.3. The minimum Gasteiger partial charge on any atom is -0.495 e. The summed E-state index contributed by atoms with van der Waals surface area (Å²) < 4.78 is 56.9. The molecule has 44 heavy (non-hydrogen) atoms. The summed E-state index contributed by atoms with van der Waals surface area (Å²) in [6.45, 7) is 1.59. The van der Waals surface area contributed by atoms with Gasteiger partial charge in [0.05, 0.1) is 43.5 Å². The maximum absolute atomic E-state index is 13.2. The van der Waals surface area contributed by atoms with Gasteiger partial charge in [0.15, 0.2) is 11.5 Å². The van der Waals surface area contributed by atoms with Crippen LogP contribution >= 0.6 is 57.6 Å². The van der Waals surface area contributed by atoms with Crippen molar-refractivity contribution in [3.8, 4) is 17.2 Å². The number of anilines is 1. The number of halogens is 6. The summed E-state index contributed by atoms with van der Waals surface area (Å²) in [5, 5.41) is 2.39. The van der Waals surface area contributed by atoms with Crippen molar-refractivity contribution in [2.24, 2.45) is 0 Å². The van der Waals surface area contributed by atoms with E-state index in [2.05, 4.69) is 27.9 Å². The molecule has 0 aliphatic carbocycles. The Bertz CT molecular complexity index is 1650. The van der Waals surface area contributed by atoms with Gasteiger partial charge in [0.1, 0.15) is 18.9 Å². The van der Waals surface area contributed by atoms with Gasteiger partial charge in [0, 0.05) is 0 Å². The summed E-state index contributed by atoms with van der Waals surface area (Å²) >= 11 is 14.8. The lowest BCUT2D eigenvalue weighted by atomic mass is 10.1. The third kappa shape index (κ3) is 8.11. The first kappa shape index (κ1) is 33.7. The summed E-state index contributed by atoms with van der Waals surface area (Å²) in [7, 11) is 1.23. The number of imide groups is 1. The molecule has 4 rings (SSSR count). The van der Waals surface area contributed by atoms with Crippen LogP contribution in [0, 0.1) is 3.57 Å². The standard InChI is InChI=1S/C29H22Cl2F3IN2O6S/c1-3-42-23-10-16(9-20(35)26(23)43-14-15-4-6-18(30)19(31)8-15)11-24-27(39)37(28(40)44-24)13-25(38)36-21-12-17(29(32,33)34)5-7-22(21)41-2/h4-12H,3,13-14H2,1-2H3,(H,36,38)/b24-11-. The van der Waals surface area contributed by atoms with Crippen molar-refractivity contribution in [1.29, 1.82) is 0 Å². The van der Waals surface area contributed by atoms with Gasteiger partial charge in [0.2, 0.25) is 5.91 Å². The van der Waals surface area contributed by atoms with Gasteiger partial charge in [-0.15, -0.1) is 0 Å². The van der Waals surface area contributed by atoms with Crippen molar-refractivity contribution >= 4 is 86.4 Å². The normalized spacial score (nSPS) is 14.3. The van der Waals surface area contributed by atoms with Crippen LogP contribution in [-0.4, -0.2) is 42.2 Å². The molecule has 1 N–H and O–H groups in total. The number of hydrogen-bond donors (Lipinski definition) is 1. The van der Waals surface area contributed by atoms with Crippen LogP contribution in [0.2, 0.25) is 10.0 Å². The molecular weight excluding hydrogens is 759 g/mol. The Morgan fingerprint density at radius 3 is 2.45 bits per heavy atom. The number of thioether (sulfide) groups is 1. The van der Waals surface area contributed by atoms with E-state index < -0.39 is 35.3 Å². The molecule has 3 aromatic carbocycles. The summed E-state index contributed by atoms with van der Waals surface area (Å²) in [5.41, 5.74) is 0.0539. The van der Waals surface area contributed by atoms with Crippen molar-refractivity contribution in [2.75, 3.05) is 25.6 Å². The lowest BCUT2D eigenvalue weighted by Gasteiger charge is -2.16. The van der Waals surface area contributed by atoms with E-state index in [9.17, 15) is 27.6 Å². The number of rotatable bonds is 10. The first-order valence-electron chi connectivity index (χ1n) is 12.6. The molecule has 0 bridgehead atoms. The zero-order chi connectivity index (χ0) is 32.2. The van der Waals surface area contributed by atoms with Gasteiger partial charge >= 0.3 is 6.18 Å². The molecule has 0 unspecified atom stereocenters. The second-order valence-electron chi connectivity index (χ2n) is 9.03. The van der Waals surface area contributed by atoms with Crippen molar-refractivity contribution in [1.82, 2.24) is 4.90 Å². The number of nitrogens with zero attached hydrogens (tertiary/aromatic N) is 1. The Morgan fingerprint density at radius 2 is 1.80 bits per heavy atom. The molecule has 0 aromatic heterocycles. The van der Waals surface area contributed by atoms with Crippen molar-refractivity contribution in [3.05, 3.63) is 83.7 Å².